The molecule has 4 heterocycles. The van der Waals surface area contributed by atoms with E-state index in [9.17, 15) is 27.1 Å². The number of phenolic OH excluding ortho intramolecular Hbond substituents is 1. The van der Waals surface area contributed by atoms with Crippen LogP contribution in [0.1, 0.15) is 31.2 Å². The van der Waals surface area contributed by atoms with E-state index >= 15 is 0 Å². The van der Waals surface area contributed by atoms with Crippen molar-refractivity contribution in [2.75, 3.05) is 24.6 Å². The van der Waals surface area contributed by atoms with Gasteiger partial charge in [-0.25, -0.2) is 18.4 Å². The first-order valence-electron chi connectivity index (χ1n) is 10.5. The van der Waals surface area contributed by atoms with Crippen LogP contribution in [0.15, 0.2) is 12.3 Å². The molecule has 1 spiro atoms. The minimum absolute atomic E-state index is 0.0847. The van der Waals surface area contributed by atoms with Crippen molar-refractivity contribution in [3.05, 3.63) is 29.5 Å². The number of anilines is 1. The highest BCUT2D eigenvalue weighted by molar-refractivity contribution is 5.91. The lowest BCUT2D eigenvalue weighted by Gasteiger charge is -2.38. The zero-order valence-electron chi connectivity index (χ0n) is 17.6. The van der Waals surface area contributed by atoms with Crippen LogP contribution in [0.5, 0.6) is 5.75 Å². The van der Waals surface area contributed by atoms with Crippen LogP contribution in [0.2, 0.25) is 0 Å². The fourth-order valence-electron chi connectivity index (χ4n) is 4.64. The van der Waals surface area contributed by atoms with E-state index in [0.717, 1.165) is 32.3 Å². The zero-order chi connectivity index (χ0) is 23.5. The second-order valence-electron chi connectivity index (χ2n) is 8.45. The number of nitrogens with zero attached hydrogens (tertiary/aromatic N) is 5. The van der Waals surface area contributed by atoms with Crippen molar-refractivity contribution >= 4 is 17.0 Å². The number of piperidine rings is 1. The van der Waals surface area contributed by atoms with E-state index in [-0.39, 0.29) is 22.3 Å². The SMILES string of the molecule is Cn1nc(-c2cc(C(F)(F)F)c(F)c(O)c2F)c2cnc(N3CCC4(CCCO4)CC3)nc21. The lowest BCUT2D eigenvalue weighted by molar-refractivity contribution is -0.140. The van der Waals surface area contributed by atoms with E-state index in [1.54, 1.807) is 0 Å². The lowest BCUT2D eigenvalue weighted by atomic mass is 9.89. The summed E-state index contributed by atoms with van der Waals surface area (Å²) in [6.07, 6.45) is -0.0270. The molecule has 1 N–H and O–H groups in total. The maximum atomic E-state index is 14.6. The highest BCUT2D eigenvalue weighted by atomic mass is 19.4. The molecule has 0 radical (unpaired) electrons. The first kappa shape index (κ1) is 21.8. The monoisotopic (exact) mass is 469 g/mol. The van der Waals surface area contributed by atoms with Gasteiger partial charge in [0.1, 0.15) is 5.69 Å². The number of aromatic hydroxyl groups is 1. The van der Waals surface area contributed by atoms with Gasteiger partial charge in [-0.3, -0.25) is 0 Å². The van der Waals surface area contributed by atoms with Crippen LogP contribution in [0.4, 0.5) is 27.9 Å². The molecular formula is C21H20F5N5O2. The summed E-state index contributed by atoms with van der Waals surface area (Å²) in [5.41, 5.74) is -2.53. The topological polar surface area (TPSA) is 76.3 Å². The molecule has 12 heteroatoms. The van der Waals surface area contributed by atoms with Gasteiger partial charge < -0.3 is 14.7 Å². The fourth-order valence-corrected chi connectivity index (χ4v) is 4.64. The summed E-state index contributed by atoms with van der Waals surface area (Å²) < 4.78 is 75.3. The molecule has 2 aliphatic heterocycles. The quantitative estimate of drug-likeness (QED) is 0.568. The van der Waals surface area contributed by atoms with Crippen molar-refractivity contribution in [1.29, 1.82) is 0 Å². The molecule has 176 valence electrons. The molecule has 1 aromatic carbocycles. The Hall–Kier alpha value is -3.02. The summed E-state index contributed by atoms with van der Waals surface area (Å²) in [5.74, 6) is -4.91. The summed E-state index contributed by atoms with van der Waals surface area (Å²) in [6.45, 7) is 2.14. The smallest absolute Gasteiger partial charge is 0.419 e. The van der Waals surface area contributed by atoms with Gasteiger partial charge in [-0.1, -0.05) is 0 Å². The van der Waals surface area contributed by atoms with Gasteiger partial charge in [0.15, 0.2) is 23.0 Å². The standard InChI is InChI=1S/C21H20F5N5O2/c1-30-18-12(10-27-19(28-18)31-6-4-20(5-7-31)3-2-8-33-20)16(29-30)11-9-13(21(24,25)26)15(23)17(32)14(11)22/h9-10,32H,2-8H2,1H3. The third-order valence-electron chi connectivity index (χ3n) is 6.45. The third-order valence-corrected chi connectivity index (χ3v) is 6.45. The molecule has 0 amide bonds. The first-order chi connectivity index (χ1) is 15.6. The zero-order valence-corrected chi connectivity index (χ0v) is 17.6. The Kier molecular flexibility index (Phi) is 4.96. The predicted octanol–water partition coefficient (Wildman–Crippen LogP) is 4.18. The van der Waals surface area contributed by atoms with E-state index in [2.05, 4.69) is 15.1 Å². The second-order valence-corrected chi connectivity index (χ2v) is 8.45. The third kappa shape index (κ3) is 3.56. The maximum absolute atomic E-state index is 14.6. The van der Waals surface area contributed by atoms with Crippen LogP contribution in [0.3, 0.4) is 0 Å². The largest absolute Gasteiger partial charge is 0.503 e. The lowest BCUT2D eigenvalue weighted by Crippen LogP contribution is -2.44. The van der Waals surface area contributed by atoms with Gasteiger partial charge in [0.05, 0.1) is 16.6 Å². The van der Waals surface area contributed by atoms with Crippen molar-refractivity contribution in [2.24, 2.45) is 7.05 Å². The maximum Gasteiger partial charge on any atom is 0.419 e. The molecule has 2 aliphatic rings. The number of hydrogen-bond donors (Lipinski definition) is 1. The molecule has 0 atom stereocenters. The summed E-state index contributed by atoms with van der Waals surface area (Å²) in [4.78, 5) is 10.8. The predicted molar refractivity (Wildman–Crippen MR) is 108 cm³/mol. The first-order valence-corrected chi connectivity index (χ1v) is 10.5. The van der Waals surface area contributed by atoms with Crippen molar-refractivity contribution in [3.8, 4) is 17.0 Å². The molecule has 5 rings (SSSR count). The van der Waals surface area contributed by atoms with Gasteiger partial charge in [0, 0.05) is 38.5 Å². The second kappa shape index (κ2) is 7.51. The highest BCUT2D eigenvalue weighted by Crippen LogP contribution is 2.42. The molecule has 33 heavy (non-hydrogen) atoms. The fraction of sp³-hybridized carbons (Fsp3) is 0.476. The van der Waals surface area contributed by atoms with Crippen LogP contribution in [-0.2, 0) is 18.0 Å². The number of ether oxygens (including phenoxy) is 1. The van der Waals surface area contributed by atoms with Crippen LogP contribution in [0, 0.1) is 11.6 Å². The van der Waals surface area contributed by atoms with E-state index in [1.807, 2.05) is 4.90 Å². The minimum Gasteiger partial charge on any atom is -0.503 e. The highest BCUT2D eigenvalue weighted by Gasteiger charge is 2.40. The molecule has 0 bridgehead atoms. The molecule has 2 aromatic heterocycles. The summed E-state index contributed by atoms with van der Waals surface area (Å²) >= 11 is 0. The Morgan fingerprint density at radius 2 is 1.85 bits per heavy atom. The number of aromatic nitrogens is 4. The minimum atomic E-state index is -5.13. The number of alkyl halides is 3. The van der Waals surface area contributed by atoms with Gasteiger partial charge in [-0.15, -0.1) is 0 Å². The summed E-state index contributed by atoms with van der Waals surface area (Å²) in [6, 6.07) is 0.297. The van der Waals surface area contributed by atoms with Gasteiger partial charge in [0.2, 0.25) is 5.95 Å². The number of halogens is 5. The number of fused-ring (bicyclic) bond motifs is 1. The van der Waals surface area contributed by atoms with Crippen LogP contribution in [0.25, 0.3) is 22.3 Å². The Bertz CT molecular complexity index is 1230. The van der Waals surface area contributed by atoms with E-state index < -0.39 is 34.7 Å². The van der Waals surface area contributed by atoms with Gasteiger partial charge in [-0.2, -0.15) is 23.3 Å². The Morgan fingerprint density at radius 1 is 1.12 bits per heavy atom. The van der Waals surface area contributed by atoms with Crippen molar-refractivity contribution in [1.82, 2.24) is 19.7 Å². The van der Waals surface area contributed by atoms with Crippen LogP contribution < -0.4 is 4.90 Å². The molecule has 2 fully saturated rings. The van der Waals surface area contributed by atoms with Crippen LogP contribution >= 0.6 is 0 Å². The normalized spacial score (nSPS) is 18.5. The molecule has 7 nitrogen and oxygen atoms in total. The molecule has 3 aromatic rings. The van der Waals surface area contributed by atoms with E-state index in [1.165, 1.54) is 17.9 Å². The summed E-state index contributed by atoms with van der Waals surface area (Å²) in [7, 11) is 1.51. The number of rotatable bonds is 2. The van der Waals surface area contributed by atoms with E-state index in [4.69, 9.17) is 4.74 Å². The van der Waals surface area contributed by atoms with Crippen molar-refractivity contribution < 1.29 is 31.8 Å². The van der Waals surface area contributed by atoms with Gasteiger partial charge in [0.25, 0.3) is 0 Å². The average Bonchev–Trinajstić information content (AvgIpc) is 3.36. The molecule has 2 saturated heterocycles. The number of aryl methyl sites for hydroxylation is 1. The van der Waals surface area contributed by atoms with E-state index in [0.29, 0.717) is 25.1 Å². The molecule has 0 unspecified atom stereocenters. The number of phenols is 1. The Labute approximate surface area is 184 Å². The van der Waals surface area contributed by atoms with Gasteiger partial charge in [-0.05, 0) is 31.7 Å². The summed E-state index contributed by atoms with van der Waals surface area (Å²) in [5, 5.41) is 13.9. The van der Waals surface area contributed by atoms with Crippen molar-refractivity contribution in [2.45, 2.75) is 37.5 Å². The molecule has 0 aliphatic carbocycles. The van der Waals surface area contributed by atoms with Crippen LogP contribution in [-0.4, -0.2) is 50.2 Å². The van der Waals surface area contributed by atoms with Crippen molar-refractivity contribution in [3.63, 3.8) is 0 Å². The molecular weight excluding hydrogens is 449 g/mol. The average molecular weight is 469 g/mol. The number of benzene rings is 1. The van der Waals surface area contributed by atoms with Gasteiger partial charge >= 0.3 is 6.18 Å². The Balaban J connectivity index is 1.53. The number of hydrogen-bond acceptors (Lipinski definition) is 6. The Morgan fingerprint density at radius 3 is 2.48 bits per heavy atom. The molecule has 0 saturated carbocycles.